The number of H-pyrrole nitrogens is 1. The SMILES string of the molecule is Nc1nc2c(ncn2[C@@H]2O[C@H](CO)C[C@H]2OP(O)(=S)OF)c(=O)[nH]1. The summed E-state index contributed by atoms with van der Waals surface area (Å²) in [4.78, 5) is 31.6. The number of aliphatic hydroxyl groups is 1. The van der Waals surface area contributed by atoms with Crippen molar-refractivity contribution in [2.75, 3.05) is 12.3 Å². The molecule has 0 saturated carbocycles. The molecule has 24 heavy (non-hydrogen) atoms. The van der Waals surface area contributed by atoms with Gasteiger partial charge in [0.1, 0.15) is 6.10 Å². The van der Waals surface area contributed by atoms with Gasteiger partial charge in [0, 0.05) is 6.42 Å². The smallest absolute Gasteiger partial charge is 0.359 e. The number of aromatic amines is 1. The lowest BCUT2D eigenvalue weighted by molar-refractivity contribution is -0.0658. The third-order valence-corrected chi connectivity index (χ3v) is 4.57. The number of imidazole rings is 1. The van der Waals surface area contributed by atoms with E-state index < -0.39 is 30.7 Å². The van der Waals surface area contributed by atoms with E-state index >= 15 is 0 Å². The van der Waals surface area contributed by atoms with Gasteiger partial charge in [-0.2, -0.15) is 4.98 Å². The summed E-state index contributed by atoms with van der Waals surface area (Å²) in [6.07, 6.45) is -1.25. The number of ether oxygens (including phenoxy) is 1. The molecule has 1 aliphatic rings. The van der Waals surface area contributed by atoms with E-state index in [0.717, 1.165) is 0 Å². The highest BCUT2D eigenvalue weighted by atomic mass is 32.5. The van der Waals surface area contributed by atoms with E-state index in [2.05, 4.69) is 31.5 Å². The van der Waals surface area contributed by atoms with Gasteiger partial charge < -0.3 is 20.5 Å². The van der Waals surface area contributed by atoms with E-state index in [-0.39, 0.29) is 30.1 Å². The quantitative estimate of drug-likeness (QED) is 0.497. The lowest BCUT2D eigenvalue weighted by atomic mass is 10.2. The number of aromatic nitrogens is 4. The highest BCUT2D eigenvalue weighted by Crippen LogP contribution is 2.49. The summed E-state index contributed by atoms with van der Waals surface area (Å²) in [5.74, 6) is -0.136. The number of nitrogens with one attached hydrogen (secondary N) is 1. The summed E-state index contributed by atoms with van der Waals surface area (Å²) in [5, 5.41) is 9.28. The Hall–Kier alpha value is -1.47. The zero-order valence-corrected chi connectivity index (χ0v) is 13.6. The predicted octanol–water partition coefficient (Wildman–Crippen LogP) is -0.515. The molecule has 0 aromatic carbocycles. The third kappa shape index (κ3) is 3.19. The molecule has 3 heterocycles. The van der Waals surface area contributed by atoms with Crippen LogP contribution in [0.15, 0.2) is 11.1 Å². The Morgan fingerprint density at radius 2 is 2.42 bits per heavy atom. The Bertz CT molecular complexity index is 860. The van der Waals surface area contributed by atoms with Crippen molar-refractivity contribution in [2.45, 2.75) is 24.9 Å². The van der Waals surface area contributed by atoms with Crippen LogP contribution in [-0.4, -0.2) is 48.3 Å². The minimum atomic E-state index is -4.12. The summed E-state index contributed by atoms with van der Waals surface area (Å²) in [7, 11) is 0. The lowest BCUT2D eigenvalue weighted by Gasteiger charge is -2.22. The number of rotatable bonds is 5. The van der Waals surface area contributed by atoms with Crippen LogP contribution in [0.4, 0.5) is 10.5 Å². The second-order valence-corrected chi connectivity index (χ2v) is 7.69. The van der Waals surface area contributed by atoms with Gasteiger partial charge >= 0.3 is 6.72 Å². The van der Waals surface area contributed by atoms with Crippen molar-refractivity contribution in [1.82, 2.24) is 19.5 Å². The van der Waals surface area contributed by atoms with Crippen molar-refractivity contribution < 1.29 is 28.5 Å². The summed E-state index contributed by atoms with van der Waals surface area (Å²) in [5.41, 5.74) is 5.07. The molecule has 1 fully saturated rings. The van der Waals surface area contributed by atoms with Crippen LogP contribution in [0.5, 0.6) is 0 Å². The van der Waals surface area contributed by atoms with Crippen molar-refractivity contribution in [3.05, 3.63) is 16.7 Å². The fraction of sp³-hybridized carbons (Fsp3) is 0.500. The number of hydrogen-bond acceptors (Lipinski definition) is 9. The molecule has 1 saturated heterocycles. The van der Waals surface area contributed by atoms with Crippen LogP contribution in [-0.2, 0) is 25.8 Å². The summed E-state index contributed by atoms with van der Waals surface area (Å²) >= 11 is 4.49. The Kier molecular flexibility index (Phi) is 4.66. The molecule has 11 nitrogen and oxygen atoms in total. The predicted molar refractivity (Wildman–Crippen MR) is 81.7 cm³/mol. The maximum Gasteiger partial charge on any atom is 0.359 e. The monoisotopic (exact) mass is 381 g/mol. The number of aliphatic hydroxyl groups excluding tert-OH is 1. The maximum absolute atomic E-state index is 12.3. The second kappa shape index (κ2) is 6.44. The van der Waals surface area contributed by atoms with Gasteiger partial charge in [-0.25, -0.2) is 4.98 Å². The van der Waals surface area contributed by atoms with Crippen molar-refractivity contribution in [3.63, 3.8) is 0 Å². The van der Waals surface area contributed by atoms with Crippen LogP contribution in [0.25, 0.3) is 11.2 Å². The molecule has 3 rings (SSSR count). The number of nitrogen functional groups attached to an aromatic ring is 1. The first kappa shape index (κ1) is 17.4. The zero-order chi connectivity index (χ0) is 17.5. The second-order valence-electron chi connectivity index (χ2n) is 5.02. The molecule has 0 spiro atoms. The van der Waals surface area contributed by atoms with Crippen LogP contribution < -0.4 is 11.3 Å². The van der Waals surface area contributed by atoms with E-state index in [0.29, 0.717) is 0 Å². The highest BCUT2D eigenvalue weighted by molar-refractivity contribution is 8.07. The van der Waals surface area contributed by atoms with E-state index in [1.54, 1.807) is 0 Å². The van der Waals surface area contributed by atoms with Crippen LogP contribution >= 0.6 is 6.72 Å². The van der Waals surface area contributed by atoms with Gasteiger partial charge in [0.15, 0.2) is 17.4 Å². The van der Waals surface area contributed by atoms with E-state index in [1.165, 1.54) is 10.9 Å². The fourth-order valence-electron chi connectivity index (χ4n) is 2.49. The maximum atomic E-state index is 12.3. The average Bonchev–Trinajstić information content (AvgIpc) is 3.10. The zero-order valence-electron chi connectivity index (χ0n) is 11.9. The molecular weight excluding hydrogens is 368 g/mol. The van der Waals surface area contributed by atoms with E-state index in [4.69, 9.17) is 15.0 Å². The molecule has 5 N–H and O–H groups in total. The molecule has 14 heteroatoms. The lowest BCUT2D eigenvalue weighted by Crippen LogP contribution is -2.22. The van der Waals surface area contributed by atoms with Crippen molar-refractivity contribution in [3.8, 4) is 0 Å². The van der Waals surface area contributed by atoms with Crippen LogP contribution in [0.3, 0.4) is 0 Å². The van der Waals surface area contributed by atoms with Gasteiger partial charge in [0.05, 0.1) is 19.0 Å². The Labute approximate surface area is 138 Å². The molecule has 2 aromatic rings. The van der Waals surface area contributed by atoms with Crippen molar-refractivity contribution in [1.29, 1.82) is 0 Å². The molecule has 1 aliphatic heterocycles. The number of halogens is 1. The molecular formula is C10H13FN5O6PS. The topological polar surface area (TPSA) is 158 Å². The Balaban J connectivity index is 2.02. The number of fused-ring (bicyclic) bond motifs is 1. The Morgan fingerprint density at radius 1 is 1.67 bits per heavy atom. The van der Waals surface area contributed by atoms with Gasteiger partial charge in [-0.05, 0) is 16.3 Å². The fourth-order valence-corrected chi connectivity index (χ4v) is 3.39. The summed E-state index contributed by atoms with van der Waals surface area (Å²) in [6.45, 7) is -4.46. The van der Waals surface area contributed by atoms with Gasteiger partial charge in [-0.1, -0.05) is 0 Å². The molecule has 0 aliphatic carbocycles. The highest BCUT2D eigenvalue weighted by Gasteiger charge is 2.41. The van der Waals surface area contributed by atoms with Gasteiger partial charge in [-0.15, -0.1) is 4.73 Å². The normalized spacial score (nSPS) is 26.7. The minimum Gasteiger partial charge on any atom is -0.394 e. The van der Waals surface area contributed by atoms with Gasteiger partial charge in [0.2, 0.25) is 5.95 Å². The molecule has 0 amide bonds. The van der Waals surface area contributed by atoms with Crippen molar-refractivity contribution in [2.24, 2.45) is 0 Å². The first-order valence-electron chi connectivity index (χ1n) is 6.65. The standard InChI is InChI=1S/C10H13FN5O6PS/c11-22-23(19,24)21-5-1-4(2-17)20-9(5)16-3-13-6-7(16)14-10(12)15-8(6)18/h3-5,9,17H,1-2H2,(H,19,24)(H3,12,14,15,18)/t4-,5+,9+,23?/m0/s1. The number of nitrogens with two attached hydrogens (primary N) is 1. The molecule has 1 unspecified atom stereocenters. The number of anilines is 1. The van der Waals surface area contributed by atoms with Crippen LogP contribution in [0.2, 0.25) is 0 Å². The van der Waals surface area contributed by atoms with E-state index in [1.807, 2.05) is 0 Å². The van der Waals surface area contributed by atoms with Gasteiger partial charge in [-0.3, -0.25) is 18.9 Å². The average molecular weight is 381 g/mol. The van der Waals surface area contributed by atoms with Crippen LogP contribution in [0, 0.1) is 0 Å². The molecule has 0 radical (unpaired) electrons. The summed E-state index contributed by atoms with van der Waals surface area (Å²) < 4.78 is 27.6. The van der Waals surface area contributed by atoms with Crippen LogP contribution in [0.1, 0.15) is 12.6 Å². The first-order valence-corrected chi connectivity index (χ1v) is 9.24. The molecule has 2 aromatic heterocycles. The molecule has 4 atom stereocenters. The minimum absolute atomic E-state index is 0.00386. The third-order valence-electron chi connectivity index (χ3n) is 3.43. The molecule has 0 bridgehead atoms. The number of hydrogen-bond donors (Lipinski definition) is 4. The summed E-state index contributed by atoms with van der Waals surface area (Å²) in [6, 6.07) is 0. The molecule has 132 valence electrons. The van der Waals surface area contributed by atoms with E-state index in [9.17, 15) is 19.3 Å². The van der Waals surface area contributed by atoms with Crippen molar-refractivity contribution >= 4 is 35.6 Å². The Morgan fingerprint density at radius 3 is 3.08 bits per heavy atom. The number of nitrogens with zero attached hydrogens (tertiary/aromatic N) is 3. The van der Waals surface area contributed by atoms with Gasteiger partial charge in [0.25, 0.3) is 5.56 Å². The largest absolute Gasteiger partial charge is 0.394 e. The first-order chi connectivity index (χ1) is 11.3.